The fourth-order valence-electron chi connectivity index (χ4n) is 1.57. The van der Waals surface area contributed by atoms with Gasteiger partial charge in [0.1, 0.15) is 27.5 Å². The number of aromatic nitrogens is 2. The van der Waals surface area contributed by atoms with Crippen LogP contribution < -0.4 is 15.2 Å². The molecular weight excluding hydrogens is 218 g/mol. The van der Waals surface area contributed by atoms with Crippen LogP contribution in [0.4, 0.5) is 0 Å². The molecule has 84 valence electrons. The molecule has 0 saturated carbocycles. The van der Waals surface area contributed by atoms with Crippen molar-refractivity contribution in [3.05, 3.63) is 6.20 Å². The molecule has 0 amide bonds. The lowest BCUT2D eigenvalue weighted by Gasteiger charge is -2.06. The van der Waals surface area contributed by atoms with Gasteiger partial charge >= 0.3 is 0 Å². The Morgan fingerprint density at radius 2 is 2.67 bits per heavy atom. The van der Waals surface area contributed by atoms with E-state index in [2.05, 4.69) is 10.4 Å². The first-order valence-corrected chi connectivity index (χ1v) is 6.07. The monoisotopic (exact) mass is 231 g/mol. The van der Waals surface area contributed by atoms with Crippen molar-refractivity contribution in [2.45, 2.75) is 10.9 Å². The highest BCUT2D eigenvalue weighted by molar-refractivity contribution is 7.90. The van der Waals surface area contributed by atoms with Crippen LogP contribution in [0.1, 0.15) is 6.04 Å². The van der Waals surface area contributed by atoms with Crippen molar-refractivity contribution in [1.29, 1.82) is 4.78 Å². The molecule has 0 fully saturated rings. The summed E-state index contributed by atoms with van der Waals surface area (Å²) in [6, 6.07) is 0.0699. The highest BCUT2D eigenvalue weighted by Crippen LogP contribution is 2.31. The van der Waals surface area contributed by atoms with E-state index in [1.165, 1.54) is 6.20 Å². The molecule has 0 bridgehead atoms. The molecular formula is C7H13N5O2S. The van der Waals surface area contributed by atoms with Gasteiger partial charge in [-0.2, -0.15) is 5.10 Å². The number of nitrogens with zero attached hydrogens (tertiary/aromatic N) is 2. The molecule has 0 aliphatic carbocycles. The standard InChI is InChI=1S/C7H13N5O2S/c1-10-2-5-4-14-7-6(15(8,9)13)3-11-12(5)7/h3,5,10H,2,4H2,1H3,(H3,8,9,13). The van der Waals surface area contributed by atoms with E-state index in [4.69, 9.17) is 14.7 Å². The molecule has 8 heteroatoms. The lowest BCUT2D eigenvalue weighted by molar-refractivity contribution is 0.316. The van der Waals surface area contributed by atoms with Gasteiger partial charge in [0.15, 0.2) is 0 Å². The van der Waals surface area contributed by atoms with Crippen LogP contribution >= 0.6 is 0 Å². The summed E-state index contributed by atoms with van der Waals surface area (Å²) in [5.41, 5.74) is 0. The third-order valence-electron chi connectivity index (χ3n) is 2.24. The highest BCUT2D eigenvalue weighted by atomic mass is 32.2. The molecule has 1 aromatic heterocycles. The van der Waals surface area contributed by atoms with Gasteiger partial charge < -0.3 is 10.1 Å². The van der Waals surface area contributed by atoms with E-state index >= 15 is 0 Å². The molecule has 2 atom stereocenters. The minimum Gasteiger partial charge on any atom is -0.475 e. The summed E-state index contributed by atoms with van der Waals surface area (Å²) >= 11 is 0. The van der Waals surface area contributed by atoms with Gasteiger partial charge in [0.25, 0.3) is 0 Å². The lowest BCUT2D eigenvalue weighted by Crippen LogP contribution is -2.22. The van der Waals surface area contributed by atoms with Crippen molar-refractivity contribution in [1.82, 2.24) is 15.1 Å². The first-order chi connectivity index (χ1) is 7.04. The lowest BCUT2D eigenvalue weighted by atomic mass is 10.3. The largest absolute Gasteiger partial charge is 0.475 e. The average molecular weight is 231 g/mol. The number of likely N-dealkylation sites (N-methyl/N-ethyl adjacent to an activating group) is 1. The van der Waals surface area contributed by atoms with Gasteiger partial charge in [-0.25, -0.2) is 18.8 Å². The number of nitrogens with two attached hydrogens (primary N) is 1. The Labute approximate surface area is 87.7 Å². The summed E-state index contributed by atoms with van der Waals surface area (Å²) in [6.07, 6.45) is 1.34. The molecule has 7 nitrogen and oxygen atoms in total. The molecule has 0 radical (unpaired) electrons. The molecule has 1 aliphatic heterocycles. The van der Waals surface area contributed by atoms with Crippen molar-refractivity contribution in [3.8, 4) is 5.88 Å². The molecule has 2 unspecified atom stereocenters. The molecule has 2 rings (SSSR count). The van der Waals surface area contributed by atoms with E-state index < -0.39 is 9.92 Å². The van der Waals surface area contributed by atoms with Crippen LogP contribution in [0.2, 0.25) is 0 Å². The first kappa shape index (κ1) is 10.4. The fraction of sp³-hybridized carbons (Fsp3) is 0.571. The minimum absolute atomic E-state index is 0.0699. The maximum absolute atomic E-state index is 11.4. The van der Waals surface area contributed by atoms with Gasteiger partial charge in [-0.1, -0.05) is 0 Å². The summed E-state index contributed by atoms with van der Waals surface area (Å²) in [5.74, 6) is 0.359. The maximum Gasteiger partial charge on any atom is 0.231 e. The fourth-order valence-corrected chi connectivity index (χ4v) is 2.18. The van der Waals surface area contributed by atoms with Crippen LogP contribution in [0.25, 0.3) is 0 Å². The second-order valence-electron chi connectivity index (χ2n) is 3.38. The average Bonchev–Trinajstić information content (AvgIpc) is 2.66. The Balaban J connectivity index is 2.39. The molecule has 0 aromatic carbocycles. The molecule has 1 aliphatic rings. The summed E-state index contributed by atoms with van der Waals surface area (Å²) < 4.78 is 25.6. The van der Waals surface area contributed by atoms with Gasteiger partial charge in [-0.3, -0.25) is 0 Å². The second-order valence-corrected chi connectivity index (χ2v) is 5.02. The molecule has 4 N–H and O–H groups in total. The Morgan fingerprint density at radius 3 is 3.27 bits per heavy atom. The Bertz CT molecular complexity index is 466. The van der Waals surface area contributed by atoms with Gasteiger partial charge in [-0.15, -0.1) is 0 Å². The minimum atomic E-state index is -3.25. The second kappa shape index (κ2) is 3.47. The number of rotatable bonds is 3. The van der Waals surface area contributed by atoms with Crippen LogP contribution in [0, 0.1) is 4.78 Å². The summed E-state index contributed by atoms with van der Waals surface area (Å²) in [5, 5.41) is 12.3. The summed E-state index contributed by atoms with van der Waals surface area (Å²) in [6.45, 7) is 1.17. The first-order valence-electron chi connectivity index (χ1n) is 4.45. The van der Waals surface area contributed by atoms with E-state index in [-0.39, 0.29) is 10.9 Å². The Morgan fingerprint density at radius 1 is 1.93 bits per heavy atom. The van der Waals surface area contributed by atoms with Crippen LogP contribution in [0.15, 0.2) is 11.1 Å². The zero-order valence-electron chi connectivity index (χ0n) is 8.27. The Hall–Kier alpha value is -1.12. The topological polar surface area (TPSA) is 106 Å². The van der Waals surface area contributed by atoms with Gasteiger partial charge in [-0.05, 0) is 7.05 Å². The number of nitrogens with one attached hydrogen (secondary N) is 2. The normalized spacial score (nSPS) is 23.2. The van der Waals surface area contributed by atoms with Gasteiger partial charge in [0.2, 0.25) is 5.88 Å². The van der Waals surface area contributed by atoms with E-state index in [9.17, 15) is 4.21 Å². The van der Waals surface area contributed by atoms with Crippen LogP contribution in [0.5, 0.6) is 5.88 Å². The zero-order chi connectivity index (χ0) is 11.1. The van der Waals surface area contributed by atoms with Gasteiger partial charge in [0, 0.05) is 6.54 Å². The predicted octanol–water partition coefficient (Wildman–Crippen LogP) is -0.685. The number of hydrogen-bond donors (Lipinski definition) is 3. The molecule has 15 heavy (non-hydrogen) atoms. The van der Waals surface area contributed by atoms with E-state index in [1.54, 1.807) is 4.68 Å². The van der Waals surface area contributed by atoms with Gasteiger partial charge in [0.05, 0.1) is 6.20 Å². The maximum atomic E-state index is 11.4. The number of ether oxygens (including phenoxy) is 1. The smallest absolute Gasteiger partial charge is 0.231 e. The SMILES string of the molecule is CNCC1COc2c(S(=N)(N)=O)cnn21. The van der Waals surface area contributed by atoms with Crippen molar-refractivity contribution >= 4 is 9.92 Å². The Kier molecular flexibility index (Phi) is 2.41. The van der Waals surface area contributed by atoms with Crippen LogP contribution in [0.3, 0.4) is 0 Å². The number of hydrogen-bond acceptors (Lipinski definition) is 5. The summed E-state index contributed by atoms with van der Waals surface area (Å²) in [4.78, 5) is 0.168. The molecule has 0 spiro atoms. The van der Waals surface area contributed by atoms with Crippen molar-refractivity contribution in [3.63, 3.8) is 0 Å². The summed E-state index contributed by atoms with van der Waals surface area (Å²) in [7, 11) is -1.42. The zero-order valence-corrected chi connectivity index (χ0v) is 9.08. The molecule has 1 aromatic rings. The van der Waals surface area contributed by atoms with Crippen LogP contribution in [-0.2, 0) is 9.92 Å². The van der Waals surface area contributed by atoms with Crippen molar-refractivity contribution in [2.75, 3.05) is 20.2 Å². The quantitative estimate of drug-likeness (QED) is 0.640. The van der Waals surface area contributed by atoms with E-state index in [0.717, 1.165) is 0 Å². The van der Waals surface area contributed by atoms with Crippen molar-refractivity contribution in [2.24, 2.45) is 5.14 Å². The van der Waals surface area contributed by atoms with Crippen molar-refractivity contribution < 1.29 is 8.95 Å². The molecule has 0 saturated heterocycles. The predicted molar refractivity (Wildman–Crippen MR) is 54.0 cm³/mol. The third-order valence-corrected chi connectivity index (χ3v) is 3.18. The molecule has 2 heterocycles. The van der Waals surface area contributed by atoms with Crippen LogP contribution in [-0.4, -0.2) is 34.2 Å². The highest BCUT2D eigenvalue weighted by Gasteiger charge is 2.29. The van der Waals surface area contributed by atoms with E-state index in [0.29, 0.717) is 19.0 Å². The van der Waals surface area contributed by atoms with E-state index in [1.807, 2.05) is 7.05 Å². The third kappa shape index (κ3) is 1.71. The number of fused-ring (bicyclic) bond motifs is 1.